The highest BCUT2D eigenvalue weighted by Gasteiger charge is 2.26. The van der Waals surface area contributed by atoms with Crippen molar-refractivity contribution in [2.24, 2.45) is 0 Å². The van der Waals surface area contributed by atoms with Crippen molar-refractivity contribution < 1.29 is 14.0 Å². The highest BCUT2D eigenvalue weighted by Crippen LogP contribution is 2.16. The van der Waals surface area contributed by atoms with Crippen molar-refractivity contribution in [1.29, 1.82) is 0 Å². The van der Waals surface area contributed by atoms with Crippen molar-refractivity contribution in [3.05, 3.63) is 83.4 Å². The van der Waals surface area contributed by atoms with Gasteiger partial charge in [-0.1, -0.05) is 18.2 Å². The number of aromatic nitrogens is 2. The van der Waals surface area contributed by atoms with Crippen LogP contribution in [0.1, 0.15) is 26.5 Å². The summed E-state index contributed by atoms with van der Waals surface area (Å²) in [6.07, 6.45) is 0. The van der Waals surface area contributed by atoms with Crippen LogP contribution in [0, 0.1) is 12.7 Å². The molecule has 1 aromatic heterocycles. The first-order chi connectivity index (χ1) is 14.5. The van der Waals surface area contributed by atoms with Gasteiger partial charge in [-0.15, -0.1) is 0 Å². The Balaban J connectivity index is 1.39. The topological polar surface area (TPSA) is 58.4 Å². The van der Waals surface area contributed by atoms with Crippen molar-refractivity contribution in [2.45, 2.75) is 6.92 Å². The predicted octanol–water partition coefficient (Wildman–Crippen LogP) is 2.96. The molecule has 0 bridgehead atoms. The lowest BCUT2D eigenvalue weighted by molar-refractivity contribution is 0.0616. The van der Waals surface area contributed by atoms with Gasteiger partial charge in [-0.2, -0.15) is 5.10 Å². The number of piperazine rings is 1. The van der Waals surface area contributed by atoms with Gasteiger partial charge in [0, 0.05) is 31.7 Å². The molecule has 154 valence electrons. The van der Waals surface area contributed by atoms with Crippen LogP contribution in [0.2, 0.25) is 0 Å². The normalized spacial score (nSPS) is 14.7. The molecule has 0 atom stereocenters. The Bertz CT molecular complexity index is 1040. The van der Waals surface area contributed by atoms with Crippen LogP contribution in [0.4, 0.5) is 4.39 Å². The molecule has 0 unspecified atom stereocenters. The van der Waals surface area contributed by atoms with E-state index in [0.29, 0.717) is 37.4 Å². The fourth-order valence-electron chi connectivity index (χ4n) is 3.62. The average molecular weight is 406 g/mol. The molecule has 3 aromatic rings. The maximum absolute atomic E-state index is 13.1. The maximum Gasteiger partial charge on any atom is 0.272 e. The minimum atomic E-state index is -0.358. The monoisotopic (exact) mass is 406 g/mol. The third kappa shape index (κ3) is 4.31. The second-order valence-electron chi connectivity index (χ2n) is 7.42. The number of benzene rings is 2. The van der Waals surface area contributed by atoms with E-state index in [4.69, 9.17) is 0 Å². The van der Waals surface area contributed by atoms with Gasteiger partial charge in [-0.25, -0.2) is 9.07 Å². The number of nitrogens with zero attached hydrogens (tertiary/aromatic N) is 4. The Morgan fingerprint density at radius 2 is 1.63 bits per heavy atom. The first-order valence-corrected chi connectivity index (χ1v) is 9.94. The van der Waals surface area contributed by atoms with E-state index in [2.05, 4.69) is 5.10 Å². The molecular formula is C23H23FN4O2. The second-order valence-corrected chi connectivity index (χ2v) is 7.42. The molecule has 7 heteroatoms. The van der Waals surface area contributed by atoms with Crippen molar-refractivity contribution >= 4 is 11.7 Å². The molecule has 6 nitrogen and oxygen atoms in total. The van der Waals surface area contributed by atoms with Gasteiger partial charge in [-0.05, 0) is 49.4 Å². The lowest BCUT2D eigenvalue weighted by Gasteiger charge is -2.34. The van der Waals surface area contributed by atoms with Crippen LogP contribution < -0.4 is 0 Å². The number of para-hydroxylation sites is 1. The zero-order valence-corrected chi connectivity index (χ0v) is 16.8. The molecule has 0 saturated carbocycles. The molecular weight excluding hydrogens is 383 g/mol. The smallest absolute Gasteiger partial charge is 0.272 e. The first-order valence-electron chi connectivity index (χ1n) is 9.94. The van der Waals surface area contributed by atoms with Gasteiger partial charge in [0.1, 0.15) is 11.5 Å². The summed E-state index contributed by atoms with van der Waals surface area (Å²) in [7, 11) is 0. The molecule has 1 fully saturated rings. The van der Waals surface area contributed by atoms with E-state index >= 15 is 0 Å². The van der Waals surface area contributed by atoms with Crippen molar-refractivity contribution in [2.75, 3.05) is 32.7 Å². The molecule has 2 aromatic carbocycles. The van der Waals surface area contributed by atoms with Gasteiger partial charge < -0.3 is 4.90 Å². The summed E-state index contributed by atoms with van der Waals surface area (Å²) in [5, 5.41) is 4.48. The number of amides is 1. The van der Waals surface area contributed by atoms with Crippen molar-refractivity contribution in [3.63, 3.8) is 0 Å². The van der Waals surface area contributed by atoms with Gasteiger partial charge in [0.2, 0.25) is 0 Å². The molecule has 0 radical (unpaired) electrons. The van der Waals surface area contributed by atoms with E-state index in [-0.39, 0.29) is 24.1 Å². The van der Waals surface area contributed by atoms with Gasteiger partial charge >= 0.3 is 0 Å². The summed E-state index contributed by atoms with van der Waals surface area (Å²) in [6, 6.07) is 17.0. The highest BCUT2D eigenvalue weighted by atomic mass is 19.1. The largest absolute Gasteiger partial charge is 0.335 e. The van der Waals surface area contributed by atoms with E-state index in [1.54, 1.807) is 15.6 Å². The van der Waals surface area contributed by atoms with Crippen LogP contribution in [-0.4, -0.2) is 64.0 Å². The van der Waals surface area contributed by atoms with Gasteiger partial charge in [0.25, 0.3) is 5.91 Å². The number of carbonyl (C=O) groups excluding carboxylic acids is 2. The van der Waals surface area contributed by atoms with E-state index in [0.717, 1.165) is 11.4 Å². The number of Topliss-reactive ketones (excluding diaryl/α,β-unsaturated/α-hetero) is 1. The lowest BCUT2D eigenvalue weighted by Crippen LogP contribution is -2.50. The first kappa shape index (κ1) is 20.0. The second kappa shape index (κ2) is 8.59. The molecule has 0 N–H and O–H groups in total. The predicted molar refractivity (Wildman–Crippen MR) is 111 cm³/mol. The Labute approximate surface area is 174 Å². The zero-order valence-electron chi connectivity index (χ0n) is 16.8. The molecule has 1 amide bonds. The SMILES string of the molecule is Cc1cc(C(=O)N2CCN(CC(=O)c3ccc(F)cc3)CC2)n(-c2ccccc2)n1. The summed E-state index contributed by atoms with van der Waals surface area (Å²) in [6.45, 7) is 4.42. The molecule has 0 aliphatic carbocycles. The van der Waals surface area contributed by atoms with Crippen LogP contribution >= 0.6 is 0 Å². The minimum Gasteiger partial charge on any atom is -0.335 e. The maximum atomic E-state index is 13.1. The van der Waals surface area contributed by atoms with Crippen LogP contribution in [0.3, 0.4) is 0 Å². The van der Waals surface area contributed by atoms with Crippen LogP contribution in [-0.2, 0) is 0 Å². The molecule has 0 spiro atoms. The Morgan fingerprint density at radius 3 is 2.30 bits per heavy atom. The molecule has 30 heavy (non-hydrogen) atoms. The van der Waals surface area contributed by atoms with Gasteiger partial charge in [-0.3, -0.25) is 14.5 Å². The summed E-state index contributed by atoms with van der Waals surface area (Å²) < 4.78 is 14.7. The molecule has 4 rings (SSSR count). The third-order valence-electron chi connectivity index (χ3n) is 5.24. The molecule has 1 saturated heterocycles. The number of ketones is 1. The van der Waals surface area contributed by atoms with E-state index in [1.165, 1.54) is 24.3 Å². The quantitative estimate of drug-likeness (QED) is 0.612. The Hall–Kier alpha value is -3.32. The summed E-state index contributed by atoms with van der Waals surface area (Å²) in [5.74, 6) is -0.472. The fraction of sp³-hybridized carbons (Fsp3) is 0.261. The molecule has 1 aliphatic heterocycles. The molecule has 1 aliphatic rings. The van der Waals surface area contributed by atoms with Crippen molar-refractivity contribution in [3.8, 4) is 5.69 Å². The summed E-state index contributed by atoms with van der Waals surface area (Å²) in [4.78, 5) is 29.4. The van der Waals surface area contributed by atoms with Crippen LogP contribution in [0.15, 0.2) is 60.7 Å². The standard InChI is InChI=1S/C23H23FN4O2/c1-17-15-21(28(25-17)20-5-3-2-4-6-20)23(30)27-13-11-26(12-14-27)16-22(29)18-7-9-19(24)10-8-18/h2-10,15H,11-14,16H2,1H3. The number of rotatable bonds is 5. The summed E-state index contributed by atoms with van der Waals surface area (Å²) >= 11 is 0. The molecule has 2 heterocycles. The lowest BCUT2D eigenvalue weighted by atomic mass is 10.1. The Morgan fingerprint density at radius 1 is 0.967 bits per heavy atom. The van der Waals surface area contributed by atoms with E-state index in [9.17, 15) is 14.0 Å². The fourth-order valence-corrected chi connectivity index (χ4v) is 3.62. The number of hydrogen-bond donors (Lipinski definition) is 0. The average Bonchev–Trinajstić information content (AvgIpc) is 3.16. The number of halogens is 1. The van der Waals surface area contributed by atoms with Gasteiger partial charge in [0.15, 0.2) is 5.78 Å². The minimum absolute atomic E-state index is 0.0486. The van der Waals surface area contributed by atoms with Gasteiger partial charge in [0.05, 0.1) is 17.9 Å². The number of aryl methyl sites for hydroxylation is 1. The summed E-state index contributed by atoms with van der Waals surface area (Å²) in [5.41, 5.74) is 2.66. The highest BCUT2D eigenvalue weighted by molar-refractivity contribution is 5.97. The van der Waals surface area contributed by atoms with E-state index in [1.807, 2.05) is 42.2 Å². The van der Waals surface area contributed by atoms with Crippen LogP contribution in [0.25, 0.3) is 5.69 Å². The van der Waals surface area contributed by atoms with Crippen LogP contribution in [0.5, 0.6) is 0 Å². The van der Waals surface area contributed by atoms with E-state index < -0.39 is 0 Å². The number of hydrogen-bond acceptors (Lipinski definition) is 4. The van der Waals surface area contributed by atoms with Crippen molar-refractivity contribution in [1.82, 2.24) is 19.6 Å². The number of carbonyl (C=O) groups is 2. The zero-order chi connectivity index (χ0) is 21.1. The third-order valence-corrected chi connectivity index (χ3v) is 5.24. The Kier molecular flexibility index (Phi) is 5.72.